The maximum Gasteiger partial charge on any atom is 0.338 e. The number of ether oxygens (including phenoxy) is 1. The van der Waals surface area contributed by atoms with Crippen molar-refractivity contribution in [2.45, 2.75) is 25.3 Å². The first kappa shape index (κ1) is 18.8. The summed E-state index contributed by atoms with van der Waals surface area (Å²) in [6.45, 7) is 4.02. The Morgan fingerprint density at radius 3 is 2.37 bits per heavy atom. The van der Waals surface area contributed by atoms with Crippen molar-refractivity contribution >= 4 is 15.8 Å². The molecule has 140 valence electrons. The number of nitrogens with zero attached hydrogens (tertiary/aromatic N) is 2. The molecule has 0 amide bonds. The molecule has 2 aromatic carbocycles. The molecule has 0 aliphatic rings. The molecule has 3 aromatic rings. The van der Waals surface area contributed by atoms with Crippen LogP contribution in [0.4, 0.5) is 0 Å². The summed E-state index contributed by atoms with van der Waals surface area (Å²) in [5.74, 6) is -0.567. The number of hydrogen-bond acceptors (Lipinski definition) is 5. The minimum absolute atomic E-state index is 0.0891. The van der Waals surface area contributed by atoms with Crippen molar-refractivity contribution in [2.75, 3.05) is 6.26 Å². The predicted molar refractivity (Wildman–Crippen MR) is 102 cm³/mol. The fourth-order valence-electron chi connectivity index (χ4n) is 2.71. The third-order valence-corrected chi connectivity index (χ3v) is 5.17. The molecule has 7 heteroatoms. The summed E-state index contributed by atoms with van der Waals surface area (Å²) in [7, 11) is -3.37. The lowest BCUT2D eigenvalue weighted by molar-refractivity contribution is 0.0472. The Morgan fingerprint density at radius 2 is 1.78 bits per heavy atom. The average Bonchev–Trinajstić information content (AvgIpc) is 2.97. The highest BCUT2D eigenvalue weighted by Crippen LogP contribution is 2.15. The van der Waals surface area contributed by atoms with Crippen LogP contribution in [0.3, 0.4) is 0 Å². The largest absolute Gasteiger partial charge is 0.457 e. The zero-order valence-electron chi connectivity index (χ0n) is 15.3. The molecule has 0 aliphatic carbocycles. The van der Waals surface area contributed by atoms with Crippen LogP contribution in [-0.2, 0) is 21.2 Å². The lowest BCUT2D eigenvalue weighted by Crippen LogP contribution is -2.07. The van der Waals surface area contributed by atoms with Crippen molar-refractivity contribution < 1.29 is 17.9 Å². The van der Waals surface area contributed by atoms with Crippen LogP contribution in [-0.4, -0.2) is 30.4 Å². The van der Waals surface area contributed by atoms with Crippen LogP contribution < -0.4 is 0 Å². The number of rotatable bonds is 5. The van der Waals surface area contributed by atoms with Gasteiger partial charge in [0.2, 0.25) is 0 Å². The quantitative estimate of drug-likeness (QED) is 0.631. The van der Waals surface area contributed by atoms with Gasteiger partial charge in [0.1, 0.15) is 6.61 Å². The molecule has 3 rings (SSSR count). The molecule has 0 N–H and O–H groups in total. The number of aryl methyl sites for hydroxylation is 2. The molecule has 0 spiro atoms. The van der Waals surface area contributed by atoms with Crippen LogP contribution in [0.1, 0.15) is 27.3 Å². The van der Waals surface area contributed by atoms with Gasteiger partial charge in [0, 0.05) is 11.9 Å². The number of hydrogen-bond donors (Lipinski definition) is 0. The molecule has 0 fully saturated rings. The van der Waals surface area contributed by atoms with Crippen molar-refractivity contribution in [1.82, 2.24) is 9.78 Å². The molecule has 0 saturated carbocycles. The number of aromatic nitrogens is 2. The molecule has 27 heavy (non-hydrogen) atoms. The smallest absolute Gasteiger partial charge is 0.338 e. The first-order valence-corrected chi connectivity index (χ1v) is 10.2. The minimum atomic E-state index is -3.37. The van der Waals surface area contributed by atoms with Gasteiger partial charge in [-0.3, -0.25) is 0 Å². The maximum absolute atomic E-state index is 12.2. The summed E-state index contributed by atoms with van der Waals surface area (Å²) in [4.78, 5) is 12.3. The summed E-state index contributed by atoms with van der Waals surface area (Å²) in [6, 6.07) is 15.4. The van der Waals surface area contributed by atoms with E-state index in [1.807, 2.05) is 48.9 Å². The molecule has 6 nitrogen and oxygen atoms in total. The Morgan fingerprint density at radius 1 is 1.07 bits per heavy atom. The Hall–Kier alpha value is -2.93. The highest BCUT2D eigenvalue weighted by atomic mass is 32.2. The van der Waals surface area contributed by atoms with E-state index < -0.39 is 15.8 Å². The lowest BCUT2D eigenvalue weighted by Gasteiger charge is -2.08. The van der Waals surface area contributed by atoms with Crippen molar-refractivity contribution in [3.63, 3.8) is 0 Å². The van der Waals surface area contributed by atoms with E-state index in [9.17, 15) is 13.2 Å². The third kappa shape index (κ3) is 4.43. The number of carbonyl (C=O) groups excluding carboxylic acids is 1. The Labute approximate surface area is 158 Å². The number of benzene rings is 2. The number of carbonyl (C=O) groups is 1. The molecule has 0 bridgehead atoms. The van der Waals surface area contributed by atoms with Gasteiger partial charge in [-0.25, -0.2) is 17.9 Å². The van der Waals surface area contributed by atoms with Gasteiger partial charge < -0.3 is 4.74 Å². The van der Waals surface area contributed by atoms with Crippen LogP contribution in [0.5, 0.6) is 0 Å². The van der Waals surface area contributed by atoms with E-state index in [0.717, 1.165) is 28.9 Å². The van der Waals surface area contributed by atoms with E-state index >= 15 is 0 Å². The van der Waals surface area contributed by atoms with Crippen molar-refractivity contribution in [2.24, 2.45) is 0 Å². The average molecular weight is 384 g/mol. The second kappa shape index (κ2) is 7.36. The first-order valence-electron chi connectivity index (χ1n) is 8.34. The number of sulfone groups is 1. The van der Waals surface area contributed by atoms with Crippen LogP contribution in [0.25, 0.3) is 5.69 Å². The van der Waals surface area contributed by atoms with Gasteiger partial charge in [-0.2, -0.15) is 5.10 Å². The Kier molecular flexibility index (Phi) is 5.14. The van der Waals surface area contributed by atoms with Crippen LogP contribution >= 0.6 is 0 Å². The zero-order chi connectivity index (χ0) is 19.6. The molecule has 0 saturated heterocycles. The van der Waals surface area contributed by atoms with Gasteiger partial charge in [0.15, 0.2) is 9.84 Å². The van der Waals surface area contributed by atoms with Crippen molar-refractivity contribution in [3.05, 3.63) is 77.1 Å². The second-order valence-electron chi connectivity index (χ2n) is 6.38. The highest BCUT2D eigenvalue weighted by Gasteiger charge is 2.13. The monoisotopic (exact) mass is 384 g/mol. The van der Waals surface area contributed by atoms with Gasteiger partial charge in [-0.15, -0.1) is 0 Å². The Bertz CT molecular complexity index is 1080. The van der Waals surface area contributed by atoms with Gasteiger partial charge in [0.25, 0.3) is 0 Å². The van der Waals surface area contributed by atoms with E-state index in [2.05, 4.69) is 5.10 Å². The normalized spacial score (nSPS) is 11.4. The minimum Gasteiger partial charge on any atom is -0.457 e. The fourth-order valence-corrected chi connectivity index (χ4v) is 3.38. The number of esters is 1. The molecule has 0 aliphatic heterocycles. The first-order chi connectivity index (χ1) is 12.7. The lowest BCUT2D eigenvalue weighted by atomic mass is 10.2. The van der Waals surface area contributed by atoms with Gasteiger partial charge in [-0.05, 0) is 55.8 Å². The van der Waals surface area contributed by atoms with Crippen molar-refractivity contribution in [3.8, 4) is 5.69 Å². The van der Waals surface area contributed by atoms with Crippen LogP contribution in [0.2, 0.25) is 0 Å². The summed E-state index contributed by atoms with van der Waals surface area (Å²) in [6.07, 6.45) is 1.10. The third-order valence-electron chi connectivity index (χ3n) is 4.06. The molecule has 0 atom stereocenters. The molecular formula is C20H20N2O4S. The predicted octanol–water partition coefficient (Wildman–Crippen LogP) is 3.25. The molecular weight excluding hydrogens is 364 g/mol. The van der Waals surface area contributed by atoms with E-state index in [1.54, 1.807) is 0 Å². The summed E-state index contributed by atoms with van der Waals surface area (Å²) < 4.78 is 30.4. The van der Waals surface area contributed by atoms with Gasteiger partial charge >= 0.3 is 5.97 Å². The molecule has 1 aromatic heterocycles. The zero-order valence-corrected chi connectivity index (χ0v) is 16.2. The standard InChI is InChI=1S/C20H20N2O4S/c1-14-11-15(2)22(21-14)18-9-7-16(8-10-18)13-26-20(23)17-5-4-6-19(12-17)27(3,24)25/h4-12H,13H2,1-3H3. The summed E-state index contributed by atoms with van der Waals surface area (Å²) in [5.41, 5.74) is 3.95. The van der Waals surface area contributed by atoms with Crippen LogP contribution in [0.15, 0.2) is 59.5 Å². The van der Waals surface area contributed by atoms with E-state index in [0.29, 0.717) is 0 Å². The summed E-state index contributed by atoms with van der Waals surface area (Å²) in [5, 5.41) is 4.43. The van der Waals surface area contributed by atoms with Gasteiger partial charge in [-0.1, -0.05) is 18.2 Å². The molecule has 0 radical (unpaired) electrons. The highest BCUT2D eigenvalue weighted by molar-refractivity contribution is 7.90. The maximum atomic E-state index is 12.2. The van der Waals surface area contributed by atoms with E-state index in [-0.39, 0.29) is 17.1 Å². The summed E-state index contributed by atoms with van der Waals surface area (Å²) >= 11 is 0. The molecule has 1 heterocycles. The van der Waals surface area contributed by atoms with E-state index in [4.69, 9.17) is 4.74 Å². The Balaban J connectivity index is 1.68. The van der Waals surface area contributed by atoms with Crippen molar-refractivity contribution in [1.29, 1.82) is 0 Å². The second-order valence-corrected chi connectivity index (χ2v) is 8.40. The SMILES string of the molecule is Cc1cc(C)n(-c2ccc(COC(=O)c3cccc(S(C)(=O)=O)c3)cc2)n1. The topological polar surface area (TPSA) is 78.3 Å². The fraction of sp³-hybridized carbons (Fsp3) is 0.200. The van der Waals surface area contributed by atoms with Gasteiger partial charge in [0.05, 0.1) is 21.8 Å². The molecule has 0 unspecified atom stereocenters. The van der Waals surface area contributed by atoms with Crippen LogP contribution in [0, 0.1) is 13.8 Å². The van der Waals surface area contributed by atoms with E-state index in [1.165, 1.54) is 24.3 Å².